The first kappa shape index (κ1) is 28.0. The highest BCUT2D eigenvalue weighted by molar-refractivity contribution is 5.97. The minimum absolute atomic E-state index is 0.109. The van der Waals surface area contributed by atoms with Crippen LogP contribution in [-0.2, 0) is 14.3 Å². The molecule has 1 aliphatic heterocycles. The van der Waals surface area contributed by atoms with Crippen LogP contribution in [0.2, 0.25) is 0 Å². The number of allylic oxidation sites excluding steroid dienone is 1. The van der Waals surface area contributed by atoms with Crippen LogP contribution in [0.4, 0.5) is 0 Å². The average molecular weight is 513 g/mol. The van der Waals surface area contributed by atoms with Gasteiger partial charge in [0.2, 0.25) is 0 Å². The Hall–Kier alpha value is -3.59. The maximum atomic E-state index is 13.1. The summed E-state index contributed by atoms with van der Waals surface area (Å²) in [6, 6.07) is 8.09. The van der Waals surface area contributed by atoms with Crippen molar-refractivity contribution >= 4 is 17.4 Å². The number of nitrogens with zero attached hydrogens (tertiary/aromatic N) is 1. The predicted molar refractivity (Wildman–Crippen MR) is 139 cm³/mol. The number of pyridine rings is 1. The van der Waals surface area contributed by atoms with Crippen molar-refractivity contribution in [1.29, 1.82) is 0 Å². The van der Waals surface area contributed by atoms with Crippen LogP contribution in [0.15, 0.2) is 43.1 Å². The van der Waals surface area contributed by atoms with Crippen molar-refractivity contribution in [3.8, 4) is 17.2 Å². The van der Waals surface area contributed by atoms with Gasteiger partial charge in [-0.3, -0.25) is 4.79 Å². The van der Waals surface area contributed by atoms with Gasteiger partial charge in [0, 0.05) is 18.9 Å². The number of ether oxygens (including phenoxy) is 4. The maximum absolute atomic E-state index is 13.1. The molecule has 37 heavy (non-hydrogen) atoms. The van der Waals surface area contributed by atoms with Crippen LogP contribution in [-0.4, -0.2) is 60.0 Å². The largest absolute Gasteiger partial charge is 0.503 e. The van der Waals surface area contributed by atoms with Gasteiger partial charge in [0.25, 0.3) is 5.91 Å². The Morgan fingerprint density at radius 3 is 2.62 bits per heavy atom. The minimum atomic E-state index is -0.928. The number of rotatable bonds is 9. The number of nitrogens with one attached hydrogen (secondary N) is 1. The summed E-state index contributed by atoms with van der Waals surface area (Å²) in [5.41, 5.74) is 1.73. The summed E-state index contributed by atoms with van der Waals surface area (Å²) in [7, 11) is 1.37. The molecule has 200 valence electrons. The molecule has 0 saturated carbocycles. The number of carbonyl (C=O) groups excluding carboxylic acids is 2. The van der Waals surface area contributed by atoms with Crippen LogP contribution in [0.25, 0.3) is 5.57 Å². The van der Waals surface area contributed by atoms with E-state index in [1.54, 1.807) is 6.92 Å². The standard InChI is InChI=1S/C28H36N2O7/c1-6-16-35-23-9-7-8-21(30-27(32)24-25(31)22(34-5)14-15-29-24)28(33)36-18(4)26(23)37-20-12-10-19(11-13-20)17(2)3/h10-15,18,21,23,26,31H,2,6-9,16H2,1,3-5H3,(H,30,32)/t18-,21-,23-,26-/m0/s1. The van der Waals surface area contributed by atoms with Crippen molar-refractivity contribution in [3.63, 3.8) is 0 Å². The van der Waals surface area contributed by atoms with Gasteiger partial charge in [-0.05, 0) is 57.2 Å². The van der Waals surface area contributed by atoms with Crippen LogP contribution in [0.1, 0.15) is 62.5 Å². The number of aromatic hydroxyl groups is 1. The zero-order chi connectivity index (χ0) is 26.9. The molecule has 0 aliphatic carbocycles. The number of esters is 1. The number of amides is 1. The summed E-state index contributed by atoms with van der Waals surface area (Å²) in [5, 5.41) is 12.9. The SMILES string of the molecule is C=C(C)c1ccc(O[C@H]2[C@H](C)OC(=O)[C@@H](NC(=O)c3nccc(OC)c3O)CCC[C@@H]2OCCC)cc1. The highest BCUT2D eigenvalue weighted by Crippen LogP contribution is 2.28. The number of benzene rings is 1. The first-order valence-electron chi connectivity index (χ1n) is 12.5. The fraction of sp³-hybridized carbons (Fsp3) is 0.464. The second kappa shape index (κ2) is 13.1. The zero-order valence-corrected chi connectivity index (χ0v) is 21.9. The van der Waals surface area contributed by atoms with Crippen LogP contribution < -0.4 is 14.8 Å². The molecule has 3 rings (SSSR count). The molecule has 2 heterocycles. The number of methoxy groups -OCH3 is 1. The van der Waals surface area contributed by atoms with Gasteiger partial charge in [0.15, 0.2) is 23.3 Å². The number of carbonyl (C=O) groups is 2. The Morgan fingerprint density at radius 1 is 1.24 bits per heavy atom. The van der Waals surface area contributed by atoms with Gasteiger partial charge in [0.1, 0.15) is 17.9 Å². The summed E-state index contributed by atoms with van der Waals surface area (Å²) in [4.78, 5) is 29.9. The summed E-state index contributed by atoms with van der Waals surface area (Å²) >= 11 is 0. The molecule has 1 aromatic carbocycles. The van der Waals surface area contributed by atoms with E-state index in [0.29, 0.717) is 31.6 Å². The van der Waals surface area contributed by atoms with Crippen molar-refractivity contribution in [2.45, 2.75) is 70.8 Å². The van der Waals surface area contributed by atoms with E-state index in [0.717, 1.165) is 17.6 Å². The van der Waals surface area contributed by atoms with E-state index >= 15 is 0 Å². The van der Waals surface area contributed by atoms with Gasteiger partial charge in [-0.1, -0.05) is 31.2 Å². The Balaban J connectivity index is 1.78. The molecule has 1 saturated heterocycles. The van der Waals surface area contributed by atoms with Crippen LogP contribution >= 0.6 is 0 Å². The van der Waals surface area contributed by atoms with Crippen molar-refractivity contribution in [2.75, 3.05) is 13.7 Å². The Labute approximate surface area is 217 Å². The molecule has 0 radical (unpaired) electrons. The summed E-state index contributed by atoms with van der Waals surface area (Å²) in [6.07, 6.45) is 2.16. The molecule has 0 bridgehead atoms. The molecule has 0 spiro atoms. The third-order valence-corrected chi connectivity index (χ3v) is 6.18. The van der Waals surface area contributed by atoms with E-state index in [1.807, 2.05) is 38.1 Å². The second-order valence-corrected chi connectivity index (χ2v) is 9.11. The van der Waals surface area contributed by atoms with Crippen LogP contribution in [0, 0.1) is 0 Å². The molecule has 1 aliphatic rings. The first-order chi connectivity index (χ1) is 17.7. The molecular weight excluding hydrogens is 476 g/mol. The highest BCUT2D eigenvalue weighted by atomic mass is 16.6. The summed E-state index contributed by atoms with van der Waals surface area (Å²) < 4.78 is 23.2. The normalized spacial score (nSPS) is 22.1. The number of hydrogen-bond donors (Lipinski definition) is 2. The van der Waals surface area contributed by atoms with Gasteiger partial charge in [-0.15, -0.1) is 0 Å². The Kier molecular flexibility index (Phi) is 9.91. The third kappa shape index (κ3) is 7.22. The van der Waals surface area contributed by atoms with Gasteiger partial charge in [-0.25, -0.2) is 9.78 Å². The van der Waals surface area contributed by atoms with Crippen molar-refractivity contribution < 1.29 is 33.6 Å². The number of aromatic nitrogens is 1. The smallest absolute Gasteiger partial charge is 0.329 e. The van der Waals surface area contributed by atoms with E-state index < -0.39 is 35.9 Å². The van der Waals surface area contributed by atoms with Crippen molar-refractivity contribution in [3.05, 3.63) is 54.4 Å². The highest BCUT2D eigenvalue weighted by Gasteiger charge is 2.36. The molecule has 9 heteroatoms. The topological polar surface area (TPSA) is 116 Å². The molecule has 9 nitrogen and oxygen atoms in total. The van der Waals surface area contributed by atoms with Crippen LogP contribution in [0.5, 0.6) is 17.2 Å². The summed E-state index contributed by atoms with van der Waals surface area (Å²) in [6.45, 7) is 10.2. The average Bonchev–Trinajstić information content (AvgIpc) is 2.93. The Morgan fingerprint density at radius 2 is 1.97 bits per heavy atom. The van der Waals surface area contributed by atoms with E-state index in [-0.39, 0.29) is 17.5 Å². The lowest BCUT2D eigenvalue weighted by Gasteiger charge is -2.31. The van der Waals surface area contributed by atoms with Gasteiger partial charge < -0.3 is 29.4 Å². The lowest BCUT2D eigenvalue weighted by Crippen LogP contribution is -2.46. The maximum Gasteiger partial charge on any atom is 0.329 e. The number of hydrogen-bond acceptors (Lipinski definition) is 8. The van der Waals surface area contributed by atoms with E-state index in [9.17, 15) is 14.7 Å². The molecule has 2 N–H and O–H groups in total. The fourth-order valence-corrected chi connectivity index (χ4v) is 4.16. The molecule has 0 unspecified atom stereocenters. The van der Waals surface area contributed by atoms with Gasteiger partial charge in [-0.2, -0.15) is 0 Å². The molecule has 1 fully saturated rings. The molecule has 1 amide bonds. The lowest BCUT2D eigenvalue weighted by molar-refractivity contribution is -0.159. The van der Waals surface area contributed by atoms with Gasteiger partial charge in [0.05, 0.1) is 13.2 Å². The predicted octanol–water partition coefficient (Wildman–Crippen LogP) is 4.29. The van der Waals surface area contributed by atoms with Crippen molar-refractivity contribution in [1.82, 2.24) is 10.3 Å². The zero-order valence-electron chi connectivity index (χ0n) is 21.9. The quantitative estimate of drug-likeness (QED) is 0.478. The monoisotopic (exact) mass is 512 g/mol. The van der Waals surface area contributed by atoms with E-state index in [4.69, 9.17) is 18.9 Å². The Bertz CT molecular complexity index is 1090. The lowest BCUT2D eigenvalue weighted by atomic mass is 10.0. The second-order valence-electron chi connectivity index (χ2n) is 9.11. The fourth-order valence-electron chi connectivity index (χ4n) is 4.16. The van der Waals surface area contributed by atoms with Gasteiger partial charge >= 0.3 is 5.97 Å². The molecular formula is C28H36N2O7. The van der Waals surface area contributed by atoms with Crippen molar-refractivity contribution in [2.24, 2.45) is 0 Å². The first-order valence-corrected chi connectivity index (χ1v) is 12.5. The minimum Gasteiger partial charge on any atom is -0.503 e. The van der Waals surface area contributed by atoms with Crippen LogP contribution in [0.3, 0.4) is 0 Å². The summed E-state index contributed by atoms with van der Waals surface area (Å²) in [5.74, 6) is -0.948. The molecule has 2 aromatic rings. The van der Waals surface area contributed by atoms with E-state index in [2.05, 4.69) is 16.9 Å². The third-order valence-electron chi connectivity index (χ3n) is 6.18. The molecule has 4 atom stereocenters. The van der Waals surface area contributed by atoms with E-state index in [1.165, 1.54) is 19.4 Å². The molecule has 1 aromatic heterocycles. The number of cyclic esters (lactones) is 1.